The molecule has 0 aromatic carbocycles. The molecule has 0 radical (unpaired) electrons. The molecule has 2 aliphatic heterocycles. The van der Waals surface area contributed by atoms with Crippen molar-refractivity contribution < 1.29 is 13.2 Å². The van der Waals surface area contributed by atoms with Gasteiger partial charge in [-0.05, 0) is 19.3 Å². The molecule has 3 unspecified atom stereocenters. The van der Waals surface area contributed by atoms with Gasteiger partial charge < -0.3 is 4.74 Å². The molecule has 6 nitrogen and oxygen atoms in total. The van der Waals surface area contributed by atoms with E-state index in [1.54, 1.807) is 11.6 Å². The zero-order valence-electron chi connectivity index (χ0n) is 10.3. The lowest BCUT2D eigenvalue weighted by molar-refractivity contribution is 0.0996. The Morgan fingerprint density at radius 2 is 2.35 bits per heavy atom. The van der Waals surface area contributed by atoms with Crippen molar-refractivity contribution in [3.63, 3.8) is 0 Å². The lowest BCUT2D eigenvalue weighted by Crippen LogP contribution is -2.41. The molecular weight excluding hydrogens is 322 g/mol. The van der Waals surface area contributed by atoms with Crippen LogP contribution in [0, 0.1) is 0 Å². The summed E-state index contributed by atoms with van der Waals surface area (Å²) in [6.45, 7) is 0. The highest BCUT2D eigenvalue weighted by molar-refractivity contribution is 7.89. The third-order valence-electron chi connectivity index (χ3n) is 3.85. The Kier molecular flexibility index (Phi) is 2.87. The standard InChI is InChI=1S/C11H12ClN3O3S2/c12-9-10(15-3-4-19-11(15)13-9)20(16,17)14-7-5-6-1-2-8(7)18-6/h3-4,6-8,14H,1-2,5H2. The number of thiazole rings is 1. The van der Waals surface area contributed by atoms with E-state index < -0.39 is 10.0 Å². The smallest absolute Gasteiger partial charge is 0.260 e. The van der Waals surface area contributed by atoms with Gasteiger partial charge in [0.2, 0.25) is 0 Å². The van der Waals surface area contributed by atoms with Crippen molar-refractivity contribution >= 4 is 37.9 Å². The molecule has 0 spiro atoms. The van der Waals surface area contributed by atoms with Crippen LogP contribution in [0.3, 0.4) is 0 Å². The number of sulfonamides is 1. The predicted octanol–water partition coefficient (Wildman–Crippen LogP) is 1.65. The van der Waals surface area contributed by atoms with Gasteiger partial charge in [-0.2, -0.15) is 0 Å². The van der Waals surface area contributed by atoms with Gasteiger partial charge in [-0.1, -0.05) is 11.6 Å². The Bertz CT molecular complexity index is 769. The van der Waals surface area contributed by atoms with Gasteiger partial charge in [0.1, 0.15) is 0 Å². The molecule has 2 saturated heterocycles. The van der Waals surface area contributed by atoms with Crippen LogP contribution < -0.4 is 4.72 Å². The van der Waals surface area contributed by atoms with Crippen molar-refractivity contribution in [2.75, 3.05) is 0 Å². The van der Waals surface area contributed by atoms with E-state index >= 15 is 0 Å². The van der Waals surface area contributed by atoms with Crippen molar-refractivity contribution in [2.45, 2.75) is 42.5 Å². The first-order chi connectivity index (χ1) is 9.54. The lowest BCUT2D eigenvalue weighted by atomic mass is 9.96. The van der Waals surface area contributed by atoms with Crippen molar-refractivity contribution in [3.8, 4) is 0 Å². The highest BCUT2D eigenvalue weighted by atomic mass is 35.5. The molecule has 2 aliphatic rings. The normalized spacial score (nSPS) is 29.6. The number of aromatic nitrogens is 2. The second kappa shape index (κ2) is 4.41. The van der Waals surface area contributed by atoms with E-state index in [0.29, 0.717) is 4.96 Å². The number of rotatable bonds is 3. The molecule has 2 bridgehead atoms. The molecule has 1 N–H and O–H groups in total. The van der Waals surface area contributed by atoms with Gasteiger partial charge in [0, 0.05) is 11.6 Å². The van der Waals surface area contributed by atoms with Crippen LogP contribution in [0.5, 0.6) is 0 Å². The maximum Gasteiger partial charge on any atom is 0.260 e. The van der Waals surface area contributed by atoms with Crippen molar-refractivity contribution in [2.24, 2.45) is 0 Å². The minimum atomic E-state index is -3.70. The molecule has 4 heterocycles. The van der Waals surface area contributed by atoms with Crippen molar-refractivity contribution in [3.05, 3.63) is 16.7 Å². The summed E-state index contributed by atoms with van der Waals surface area (Å²) in [5, 5.41) is 1.80. The third kappa shape index (κ3) is 1.90. The van der Waals surface area contributed by atoms with Gasteiger partial charge in [-0.15, -0.1) is 11.3 Å². The fourth-order valence-electron chi connectivity index (χ4n) is 3.00. The summed E-state index contributed by atoms with van der Waals surface area (Å²) in [4.78, 5) is 4.63. The number of hydrogen-bond acceptors (Lipinski definition) is 5. The number of fused-ring (bicyclic) bond motifs is 3. The Balaban J connectivity index is 1.69. The zero-order chi connectivity index (χ0) is 13.9. The molecule has 0 saturated carbocycles. The molecule has 4 rings (SSSR count). The SMILES string of the molecule is O=S(=O)(NC1CC2CCC1O2)c1c(Cl)nc2sccn12. The Labute approximate surface area is 124 Å². The number of ether oxygens (including phenoxy) is 1. The van der Waals surface area contributed by atoms with E-state index in [1.807, 2.05) is 0 Å². The van der Waals surface area contributed by atoms with Crippen molar-refractivity contribution in [1.82, 2.24) is 14.1 Å². The molecule has 3 atom stereocenters. The summed E-state index contributed by atoms with van der Waals surface area (Å²) in [7, 11) is -3.70. The highest BCUT2D eigenvalue weighted by Gasteiger charge is 2.43. The van der Waals surface area contributed by atoms with Gasteiger partial charge in [0.25, 0.3) is 10.0 Å². The second-order valence-corrected chi connectivity index (χ2v) is 7.96. The van der Waals surface area contributed by atoms with E-state index in [-0.39, 0.29) is 28.4 Å². The molecule has 0 aliphatic carbocycles. The van der Waals surface area contributed by atoms with Crippen LogP contribution in [0.15, 0.2) is 16.6 Å². The third-order valence-corrected chi connectivity index (χ3v) is 6.49. The number of hydrogen-bond donors (Lipinski definition) is 1. The largest absolute Gasteiger partial charge is 0.373 e. The molecule has 20 heavy (non-hydrogen) atoms. The topological polar surface area (TPSA) is 72.7 Å². The van der Waals surface area contributed by atoms with Gasteiger partial charge in [0.15, 0.2) is 15.1 Å². The van der Waals surface area contributed by atoms with Gasteiger partial charge in [0.05, 0.1) is 18.2 Å². The summed E-state index contributed by atoms with van der Waals surface area (Å²) < 4.78 is 35.0. The van der Waals surface area contributed by atoms with Gasteiger partial charge in [-0.3, -0.25) is 4.40 Å². The monoisotopic (exact) mass is 333 g/mol. The predicted molar refractivity (Wildman–Crippen MR) is 74.7 cm³/mol. The minimum Gasteiger partial charge on any atom is -0.373 e. The fraction of sp³-hybridized carbons (Fsp3) is 0.545. The quantitative estimate of drug-likeness (QED) is 0.927. The van der Waals surface area contributed by atoms with E-state index in [9.17, 15) is 8.42 Å². The first-order valence-electron chi connectivity index (χ1n) is 6.33. The summed E-state index contributed by atoms with van der Waals surface area (Å²) >= 11 is 7.33. The number of nitrogens with one attached hydrogen (secondary N) is 1. The van der Waals surface area contributed by atoms with Crippen LogP contribution in [0.2, 0.25) is 5.15 Å². The van der Waals surface area contributed by atoms with Crippen molar-refractivity contribution in [1.29, 1.82) is 0 Å². The first kappa shape index (κ1) is 13.0. The van der Waals surface area contributed by atoms with Crippen LogP contribution >= 0.6 is 22.9 Å². The maximum absolute atomic E-state index is 12.6. The lowest BCUT2D eigenvalue weighted by Gasteiger charge is -2.19. The number of nitrogens with zero attached hydrogens (tertiary/aromatic N) is 2. The Morgan fingerprint density at radius 3 is 3.05 bits per heavy atom. The Hall–Kier alpha value is -0.670. The van der Waals surface area contributed by atoms with E-state index in [1.165, 1.54) is 15.7 Å². The van der Waals surface area contributed by atoms with Gasteiger partial charge in [-0.25, -0.2) is 18.1 Å². The van der Waals surface area contributed by atoms with Crippen LogP contribution in [0.1, 0.15) is 19.3 Å². The van der Waals surface area contributed by atoms with Gasteiger partial charge >= 0.3 is 0 Å². The average molecular weight is 334 g/mol. The maximum atomic E-state index is 12.6. The molecule has 9 heteroatoms. The molecular formula is C11H12ClN3O3S2. The molecule has 0 amide bonds. The highest BCUT2D eigenvalue weighted by Crippen LogP contribution is 2.35. The molecule has 2 fully saturated rings. The second-order valence-electron chi connectivity index (χ2n) is 5.10. The minimum absolute atomic E-state index is 0.00780. The van der Waals surface area contributed by atoms with Crippen LogP contribution in [0.4, 0.5) is 0 Å². The summed E-state index contributed by atoms with van der Waals surface area (Å²) in [5.41, 5.74) is 0. The van der Waals surface area contributed by atoms with E-state index in [0.717, 1.165) is 19.3 Å². The molecule has 108 valence electrons. The Morgan fingerprint density at radius 1 is 1.50 bits per heavy atom. The number of halogens is 1. The zero-order valence-corrected chi connectivity index (χ0v) is 12.7. The van der Waals surface area contributed by atoms with E-state index in [4.69, 9.17) is 16.3 Å². The van der Waals surface area contributed by atoms with Crippen LogP contribution in [-0.2, 0) is 14.8 Å². The molecule has 2 aromatic heterocycles. The number of imidazole rings is 1. The molecule has 2 aromatic rings. The average Bonchev–Trinajstić information content (AvgIpc) is 3.06. The van der Waals surface area contributed by atoms with Crippen LogP contribution in [0.25, 0.3) is 4.96 Å². The van der Waals surface area contributed by atoms with E-state index in [2.05, 4.69) is 9.71 Å². The summed E-state index contributed by atoms with van der Waals surface area (Å²) in [6, 6.07) is -0.168. The van der Waals surface area contributed by atoms with Crippen LogP contribution in [-0.4, -0.2) is 36.1 Å². The fourth-order valence-corrected chi connectivity index (χ4v) is 5.73. The summed E-state index contributed by atoms with van der Waals surface area (Å²) in [5.74, 6) is 0. The first-order valence-corrected chi connectivity index (χ1v) is 9.07. The summed E-state index contributed by atoms with van der Waals surface area (Å²) in [6.07, 6.45) is 4.49.